The number of nitrogens with two attached hydrogens (primary N) is 1. The summed E-state index contributed by atoms with van der Waals surface area (Å²) in [4.78, 5) is 21.8. The molecule has 1 aromatic rings. The van der Waals surface area contributed by atoms with Crippen LogP contribution in [-0.2, 0) is 14.3 Å². The predicted octanol–water partition coefficient (Wildman–Crippen LogP) is 1.39. The van der Waals surface area contributed by atoms with Crippen LogP contribution in [0.5, 0.6) is 0 Å². The van der Waals surface area contributed by atoms with E-state index < -0.39 is 18.2 Å². The number of benzene rings is 1. The van der Waals surface area contributed by atoms with E-state index in [1.807, 2.05) is 18.2 Å². The van der Waals surface area contributed by atoms with Crippen molar-refractivity contribution in [3.05, 3.63) is 35.9 Å². The molecule has 2 N–H and O–H groups in total. The highest BCUT2D eigenvalue weighted by molar-refractivity contribution is 5.82. The Kier molecular flexibility index (Phi) is 4.47. The van der Waals surface area contributed by atoms with Crippen molar-refractivity contribution in [1.82, 2.24) is 0 Å². The summed E-state index contributed by atoms with van der Waals surface area (Å²) >= 11 is 0. The van der Waals surface area contributed by atoms with Gasteiger partial charge >= 0.3 is 12.1 Å². The van der Waals surface area contributed by atoms with Gasteiger partial charge in [0.1, 0.15) is 0 Å². The lowest BCUT2D eigenvalue weighted by atomic mass is 10.1. The van der Waals surface area contributed by atoms with Gasteiger partial charge in [-0.15, -0.1) is 0 Å². The molecule has 0 saturated heterocycles. The number of rotatable bonds is 3. The molecule has 0 saturated carbocycles. The fraction of sp³-hybridized carbons (Fsp3) is 0.273. The minimum absolute atomic E-state index is 0.0703. The van der Waals surface area contributed by atoms with Crippen molar-refractivity contribution in [3.8, 4) is 0 Å². The molecule has 1 atom stereocenters. The first kappa shape index (κ1) is 12.2. The molecule has 0 aliphatic rings. The van der Waals surface area contributed by atoms with Crippen LogP contribution in [0.15, 0.2) is 30.3 Å². The number of hydrogen-bond acceptors (Lipinski definition) is 5. The van der Waals surface area contributed by atoms with Crippen molar-refractivity contribution in [2.24, 2.45) is 5.73 Å². The first-order valence-corrected chi connectivity index (χ1v) is 4.72. The SMILES string of the molecule is COC(=O)OC(=O)CC(N)c1ccccc1. The lowest BCUT2D eigenvalue weighted by Crippen LogP contribution is -2.19. The third-order valence-electron chi connectivity index (χ3n) is 1.98. The predicted molar refractivity (Wildman–Crippen MR) is 56.5 cm³/mol. The molecule has 16 heavy (non-hydrogen) atoms. The van der Waals surface area contributed by atoms with Crippen molar-refractivity contribution in [2.75, 3.05) is 7.11 Å². The Morgan fingerprint density at radius 3 is 2.50 bits per heavy atom. The zero-order valence-corrected chi connectivity index (χ0v) is 8.88. The third-order valence-corrected chi connectivity index (χ3v) is 1.98. The molecule has 0 aliphatic carbocycles. The normalized spacial score (nSPS) is 11.6. The summed E-state index contributed by atoms with van der Waals surface area (Å²) in [6.07, 6.45) is -1.09. The van der Waals surface area contributed by atoms with E-state index in [-0.39, 0.29) is 6.42 Å². The Bertz CT molecular complexity index is 364. The molecule has 0 bridgehead atoms. The van der Waals surface area contributed by atoms with Gasteiger partial charge in [0.15, 0.2) is 0 Å². The molecular weight excluding hydrogens is 210 g/mol. The van der Waals surface area contributed by atoms with Crippen molar-refractivity contribution >= 4 is 12.1 Å². The molecule has 0 heterocycles. The zero-order chi connectivity index (χ0) is 12.0. The van der Waals surface area contributed by atoms with Crippen LogP contribution in [0.1, 0.15) is 18.0 Å². The molecule has 1 unspecified atom stereocenters. The molecule has 5 heteroatoms. The first-order valence-electron chi connectivity index (χ1n) is 4.72. The molecule has 1 rings (SSSR count). The van der Waals surface area contributed by atoms with Gasteiger partial charge in [-0.25, -0.2) is 4.79 Å². The van der Waals surface area contributed by atoms with E-state index in [0.717, 1.165) is 12.7 Å². The van der Waals surface area contributed by atoms with Crippen molar-refractivity contribution in [3.63, 3.8) is 0 Å². The Balaban J connectivity index is 2.49. The summed E-state index contributed by atoms with van der Waals surface area (Å²) in [5, 5.41) is 0. The second-order valence-corrected chi connectivity index (χ2v) is 3.15. The minimum atomic E-state index is -1.02. The molecule has 0 aliphatic heterocycles. The van der Waals surface area contributed by atoms with Gasteiger partial charge in [-0.05, 0) is 5.56 Å². The van der Waals surface area contributed by atoms with E-state index in [0.29, 0.717) is 0 Å². The quantitative estimate of drug-likeness (QED) is 0.618. The Morgan fingerprint density at radius 1 is 1.31 bits per heavy atom. The maximum Gasteiger partial charge on any atom is 0.515 e. The van der Waals surface area contributed by atoms with Crippen LogP contribution in [0.4, 0.5) is 4.79 Å². The largest absolute Gasteiger partial charge is 0.515 e. The van der Waals surface area contributed by atoms with E-state index in [2.05, 4.69) is 9.47 Å². The van der Waals surface area contributed by atoms with Gasteiger partial charge in [-0.3, -0.25) is 4.79 Å². The fourth-order valence-electron chi connectivity index (χ4n) is 1.17. The van der Waals surface area contributed by atoms with E-state index in [9.17, 15) is 9.59 Å². The monoisotopic (exact) mass is 223 g/mol. The van der Waals surface area contributed by atoms with Crippen molar-refractivity contribution in [1.29, 1.82) is 0 Å². The van der Waals surface area contributed by atoms with Crippen LogP contribution in [0, 0.1) is 0 Å². The van der Waals surface area contributed by atoms with E-state index >= 15 is 0 Å². The van der Waals surface area contributed by atoms with E-state index in [1.54, 1.807) is 12.1 Å². The van der Waals surface area contributed by atoms with Gasteiger partial charge in [0.2, 0.25) is 0 Å². The van der Waals surface area contributed by atoms with Gasteiger partial charge in [-0.1, -0.05) is 30.3 Å². The summed E-state index contributed by atoms with van der Waals surface area (Å²) in [5.74, 6) is -0.705. The first-order chi connectivity index (χ1) is 7.63. The average Bonchev–Trinajstić information content (AvgIpc) is 2.29. The number of ether oxygens (including phenoxy) is 2. The van der Waals surface area contributed by atoms with Gasteiger partial charge in [0.25, 0.3) is 0 Å². The summed E-state index contributed by atoms with van der Waals surface area (Å²) in [7, 11) is 1.13. The van der Waals surface area contributed by atoms with E-state index in [4.69, 9.17) is 5.73 Å². The highest BCUT2D eigenvalue weighted by atomic mass is 16.7. The topological polar surface area (TPSA) is 78.6 Å². The average molecular weight is 223 g/mol. The van der Waals surface area contributed by atoms with Crippen LogP contribution < -0.4 is 5.73 Å². The van der Waals surface area contributed by atoms with Crippen LogP contribution in [-0.4, -0.2) is 19.2 Å². The van der Waals surface area contributed by atoms with Crippen LogP contribution >= 0.6 is 0 Å². The molecule has 0 aromatic heterocycles. The molecule has 5 nitrogen and oxygen atoms in total. The zero-order valence-electron chi connectivity index (χ0n) is 8.88. The minimum Gasteiger partial charge on any atom is -0.437 e. The summed E-state index contributed by atoms with van der Waals surface area (Å²) in [6, 6.07) is 8.61. The van der Waals surface area contributed by atoms with Crippen LogP contribution in [0.2, 0.25) is 0 Å². The Hall–Kier alpha value is -1.88. The number of esters is 1. The molecule has 86 valence electrons. The maximum absolute atomic E-state index is 11.2. The van der Waals surface area contributed by atoms with Crippen molar-refractivity contribution in [2.45, 2.75) is 12.5 Å². The summed E-state index contributed by atoms with van der Waals surface area (Å²) in [6.45, 7) is 0. The van der Waals surface area contributed by atoms with Crippen LogP contribution in [0.3, 0.4) is 0 Å². The number of hydrogen-bond donors (Lipinski definition) is 1. The molecule has 1 aromatic carbocycles. The standard InChI is InChI=1S/C11H13NO4/c1-15-11(14)16-10(13)7-9(12)8-5-3-2-4-6-8/h2-6,9H,7,12H2,1H3. The summed E-state index contributed by atoms with van der Waals surface area (Å²) < 4.78 is 8.50. The molecule has 0 amide bonds. The third kappa shape index (κ3) is 3.70. The smallest absolute Gasteiger partial charge is 0.437 e. The lowest BCUT2D eigenvalue weighted by Gasteiger charge is -2.10. The Morgan fingerprint density at radius 2 is 1.94 bits per heavy atom. The highest BCUT2D eigenvalue weighted by Gasteiger charge is 2.15. The highest BCUT2D eigenvalue weighted by Crippen LogP contribution is 2.13. The number of carbonyl (C=O) groups excluding carboxylic acids is 2. The second-order valence-electron chi connectivity index (χ2n) is 3.15. The van der Waals surface area contributed by atoms with Gasteiger partial charge < -0.3 is 15.2 Å². The molecular formula is C11H13NO4. The second kappa shape index (κ2) is 5.87. The van der Waals surface area contributed by atoms with Gasteiger partial charge in [0, 0.05) is 6.04 Å². The van der Waals surface area contributed by atoms with Crippen molar-refractivity contribution < 1.29 is 19.1 Å². The molecule has 0 radical (unpaired) electrons. The lowest BCUT2D eigenvalue weighted by molar-refractivity contribution is -0.139. The van der Waals surface area contributed by atoms with E-state index in [1.165, 1.54) is 0 Å². The number of methoxy groups -OCH3 is 1. The van der Waals surface area contributed by atoms with Gasteiger partial charge in [0.05, 0.1) is 13.5 Å². The fourth-order valence-corrected chi connectivity index (χ4v) is 1.17. The maximum atomic E-state index is 11.2. The molecule has 0 fully saturated rings. The Labute approximate surface area is 93.1 Å². The van der Waals surface area contributed by atoms with Crippen LogP contribution in [0.25, 0.3) is 0 Å². The molecule has 0 spiro atoms. The number of carbonyl (C=O) groups is 2. The van der Waals surface area contributed by atoms with Gasteiger partial charge in [-0.2, -0.15) is 0 Å². The summed E-state index contributed by atoms with van der Waals surface area (Å²) in [5.41, 5.74) is 6.57.